The van der Waals surface area contributed by atoms with Gasteiger partial charge in [-0.15, -0.1) is 5.10 Å². The number of rotatable bonds is 8. The summed E-state index contributed by atoms with van der Waals surface area (Å²) < 4.78 is 12.1. The Morgan fingerprint density at radius 1 is 1.02 bits per heavy atom. The van der Waals surface area contributed by atoms with Crippen molar-refractivity contribution < 1.29 is 19.4 Å². The molecule has 0 aliphatic heterocycles. The molecular weight excluding hydrogens is 530 g/mol. The molecule has 5 rings (SSSR count). The molecule has 0 aliphatic carbocycles. The Morgan fingerprint density at radius 3 is 2.40 bits per heavy atom. The van der Waals surface area contributed by atoms with Crippen LogP contribution in [0.1, 0.15) is 39.0 Å². The van der Waals surface area contributed by atoms with Gasteiger partial charge in [-0.3, -0.25) is 9.78 Å². The molecule has 5 aromatic rings. The second-order valence-corrected chi connectivity index (χ2v) is 9.66. The summed E-state index contributed by atoms with van der Waals surface area (Å²) in [6.07, 6.45) is 2.73. The second kappa shape index (κ2) is 11.5. The highest BCUT2D eigenvalue weighted by molar-refractivity contribution is 6.33. The van der Waals surface area contributed by atoms with Crippen LogP contribution >= 0.6 is 11.6 Å². The maximum absolute atomic E-state index is 13.0. The fourth-order valence-electron chi connectivity index (χ4n) is 4.66. The van der Waals surface area contributed by atoms with Gasteiger partial charge < -0.3 is 19.9 Å². The first-order chi connectivity index (χ1) is 19.3. The Labute approximate surface area is 236 Å². The van der Waals surface area contributed by atoms with Gasteiger partial charge in [0.2, 0.25) is 0 Å². The van der Waals surface area contributed by atoms with E-state index in [0.29, 0.717) is 33.3 Å². The molecule has 10 heteroatoms. The summed E-state index contributed by atoms with van der Waals surface area (Å²) in [7, 11) is 3.08. The first kappa shape index (κ1) is 27.4. The van der Waals surface area contributed by atoms with Crippen LogP contribution in [0.25, 0.3) is 28.2 Å². The number of nitrogens with zero attached hydrogens (tertiary/aromatic N) is 4. The first-order valence-electron chi connectivity index (χ1n) is 12.5. The van der Waals surface area contributed by atoms with E-state index in [-0.39, 0.29) is 18.2 Å². The van der Waals surface area contributed by atoms with E-state index in [2.05, 4.69) is 20.4 Å². The summed E-state index contributed by atoms with van der Waals surface area (Å²) in [5.41, 5.74) is 7.52. The van der Waals surface area contributed by atoms with Crippen LogP contribution in [0.15, 0.2) is 67.0 Å². The van der Waals surface area contributed by atoms with Crippen LogP contribution in [0, 0.1) is 13.8 Å². The predicted octanol–water partition coefficient (Wildman–Crippen LogP) is 5.76. The number of hydrogen-bond donors (Lipinski definition) is 2. The third-order valence-corrected chi connectivity index (χ3v) is 7.07. The van der Waals surface area contributed by atoms with Gasteiger partial charge >= 0.3 is 0 Å². The third-order valence-electron chi connectivity index (χ3n) is 6.79. The molecule has 2 aromatic carbocycles. The SMILES string of the molecule is COC(OC)c1ccc(C(=O)Nc2cccc(-c3cccc(-c4nc5c(Cl)cc(CO)cn5n4)c3C)c2C)nc1. The Morgan fingerprint density at radius 2 is 1.73 bits per heavy atom. The predicted molar refractivity (Wildman–Crippen MR) is 153 cm³/mol. The smallest absolute Gasteiger partial charge is 0.274 e. The summed E-state index contributed by atoms with van der Waals surface area (Å²) >= 11 is 6.38. The summed E-state index contributed by atoms with van der Waals surface area (Å²) in [6.45, 7) is 3.84. The number of pyridine rings is 2. The molecule has 0 bridgehead atoms. The molecule has 0 aliphatic rings. The lowest BCUT2D eigenvalue weighted by Gasteiger charge is -2.16. The van der Waals surface area contributed by atoms with E-state index in [4.69, 9.17) is 21.1 Å². The summed E-state index contributed by atoms with van der Waals surface area (Å²) in [6, 6.07) is 16.8. The zero-order chi connectivity index (χ0) is 28.4. The minimum atomic E-state index is -0.548. The van der Waals surface area contributed by atoms with Gasteiger partial charge in [-0.25, -0.2) is 9.50 Å². The maximum atomic E-state index is 13.0. The van der Waals surface area contributed by atoms with Crippen LogP contribution in [0.3, 0.4) is 0 Å². The van der Waals surface area contributed by atoms with Gasteiger partial charge in [0.25, 0.3) is 5.91 Å². The van der Waals surface area contributed by atoms with Crippen molar-refractivity contribution >= 4 is 28.8 Å². The Balaban J connectivity index is 1.45. The fraction of sp³-hybridized carbons (Fsp3) is 0.200. The van der Waals surface area contributed by atoms with Crippen LogP contribution in [0.4, 0.5) is 5.69 Å². The number of anilines is 1. The number of ether oxygens (including phenoxy) is 2. The number of fused-ring (bicyclic) bond motifs is 1. The van der Waals surface area contributed by atoms with Crippen molar-refractivity contribution in [3.05, 3.63) is 100.0 Å². The number of amides is 1. The van der Waals surface area contributed by atoms with Gasteiger partial charge in [-0.05, 0) is 59.9 Å². The molecule has 9 nitrogen and oxygen atoms in total. The van der Waals surface area contributed by atoms with Crippen molar-refractivity contribution in [2.45, 2.75) is 26.7 Å². The first-order valence-corrected chi connectivity index (χ1v) is 12.9. The molecule has 0 unspecified atom stereocenters. The molecule has 3 aromatic heterocycles. The van der Waals surface area contributed by atoms with Gasteiger partial charge in [0.1, 0.15) is 5.69 Å². The highest BCUT2D eigenvalue weighted by Crippen LogP contribution is 2.35. The number of aromatic nitrogens is 4. The standard InChI is InChI=1S/C30H28ClN5O4/c1-17-21(7-5-9-23(17)27-34-28-24(31)13-19(16-37)15-36(28)35-27)22-8-6-10-25(18(22)2)33-29(38)26-12-11-20(14-32-26)30(39-3)40-4/h5-15,30,37H,16H2,1-4H3,(H,33,38). The van der Waals surface area contributed by atoms with Crippen molar-refractivity contribution in [3.8, 4) is 22.5 Å². The second-order valence-electron chi connectivity index (χ2n) is 9.25. The molecule has 1 amide bonds. The van der Waals surface area contributed by atoms with Gasteiger partial charge in [-0.2, -0.15) is 0 Å². The van der Waals surface area contributed by atoms with Gasteiger partial charge in [-0.1, -0.05) is 48.0 Å². The van der Waals surface area contributed by atoms with E-state index in [1.165, 1.54) is 0 Å². The fourth-order valence-corrected chi connectivity index (χ4v) is 4.93. The van der Waals surface area contributed by atoms with Crippen molar-refractivity contribution in [1.82, 2.24) is 19.6 Å². The molecule has 0 saturated heterocycles. The molecule has 3 heterocycles. The van der Waals surface area contributed by atoms with Gasteiger partial charge in [0.15, 0.2) is 17.8 Å². The van der Waals surface area contributed by atoms with E-state index in [9.17, 15) is 9.90 Å². The van der Waals surface area contributed by atoms with E-state index < -0.39 is 6.29 Å². The number of benzene rings is 2. The zero-order valence-electron chi connectivity index (χ0n) is 22.5. The lowest BCUT2D eigenvalue weighted by atomic mass is 9.92. The number of carbonyl (C=O) groups is 1. The maximum Gasteiger partial charge on any atom is 0.274 e. The molecular formula is C30H28ClN5O4. The highest BCUT2D eigenvalue weighted by Gasteiger charge is 2.18. The van der Waals surface area contributed by atoms with Crippen molar-refractivity contribution in [2.24, 2.45) is 0 Å². The molecule has 40 heavy (non-hydrogen) atoms. The van der Waals surface area contributed by atoms with Crippen LogP contribution in [0.5, 0.6) is 0 Å². The Kier molecular flexibility index (Phi) is 7.90. The number of carbonyl (C=O) groups excluding carboxylic acids is 1. The average Bonchev–Trinajstić information content (AvgIpc) is 3.40. The molecule has 0 saturated carbocycles. The zero-order valence-corrected chi connectivity index (χ0v) is 23.2. The molecule has 204 valence electrons. The third kappa shape index (κ3) is 5.20. The Bertz CT molecular complexity index is 1700. The lowest BCUT2D eigenvalue weighted by molar-refractivity contribution is -0.106. The number of aliphatic hydroxyl groups is 1. The van der Waals surface area contributed by atoms with Gasteiger partial charge in [0, 0.05) is 43.4 Å². The van der Waals surface area contributed by atoms with Crippen LogP contribution in [0.2, 0.25) is 5.02 Å². The number of halogens is 1. The number of hydrogen-bond acceptors (Lipinski definition) is 7. The highest BCUT2D eigenvalue weighted by atomic mass is 35.5. The monoisotopic (exact) mass is 557 g/mol. The number of methoxy groups -OCH3 is 2. The van der Waals surface area contributed by atoms with Gasteiger partial charge in [0.05, 0.1) is 11.6 Å². The normalized spacial score (nSPS) is 11.4. The Hall–Kier alpha value is -4.15. The minimum Gasteiger partial charge on any atom is -0.392 e. The molecule has 0 fully saturated rings. The van der Waals surface area contributed by atoms with E-state index >= 15 is 0 Å². The average molecular weight is 558 g/mol. The summed E-state index contributed by atoms with van der Waals surface area (Å²) in [5.74, 6) is 0.203. The lowest BCUT2D eigenvalue weighted by Crippen LogP contribution is -2.15. The van der Waals surface area contributed by atoms with Crippen molar-refractivity contribution in [1.29, 1.82) is 0 Å². The largest absolute Gasteiger partial charge is 0.392 e. The van der Waals surface area contributed by atoms with E-state index in [1.54, 1.807) is 49.3 Å². The van der Waals surface area contributed by atoms with Crippen LogP contribution < -0.4 is 5.32 Å². The number of aliphatic hydroxyl groups excluding tert-OH is 1. The minimum absolute atomic E-state index is 0.144. The summed E-state index contributed by atoms with van der Waals surface area (Å²) in [5, 5.41) is 17.5. The number of nitrogens with one attached hydrogen (secondary N) is 1. The molecule has 0 atom stereocenters. The topological polar surface area (TPSA) is 111 Å². The molecule has 2 N–H and O–H groups in total. The molecule has 0 radical (unpaired) electrons. The summed E-state index contributed by atoms with van der Waals surface area (Å²) in [4.78, 5) is 22.0. The van der Waals surface area contributed by atoms with E-state index in [0.717, 1.165) is 27.8 Å². The van der Waals surface area contributed by atoms with Crippen LogP contribution in [-0.4, -0.2) is 44.8 Å². The van der Waals surface area contributed by atoms with Crippen molar-refractivity contribution in [2.75, 3.05) is 19.5 Å². The quantitative estimate of drug-likeness (QED) is 0.233. The van der Waals surface area contributed by atoms with Crippen molar-refractivity contribution in [3.63, 3.8) is 0 Å². The molecule has 0 spiro atoms. The van der Waals surface area contributed by atoms with Crippen LogP contribution in [-0.2, 0) is 16.1 Å². The van der Waals surface area contributed by atoms with E-state index in [1.807, 2.05) is 50.2 Å².